The van der Waals surface area contributed by atoms with Gasteiger partial charge in [0.25, 0.3) is 0 Å². The summed E-state index contributed by atoms with van der Waals surface area (Å²) in [6, 6.07) is 23.6. The zero-order valence-corrected chi connectivity index (χ0v) is 17.8. The molecule has 0 aliphatic carbocycles. The smallest absolute Gasteiger partial charge is 0.155 e. The Kier molecular flexibility index (Phi) is 8.44. The Bertz CT molecular complexity index is 922. The Morgan fingerprint density at radius 3 is 2.27 bits per heavy atom. The molecule has 137 valence electrons. The number of rotatable bonds is 2. The van der Waals surface area contributed by atoms with Crippen molar-refractivity contribution >= 4 is 16.6 Å². The van der Waals surface area contributed by atoms with Crippen LogP contribution in [0.5, 0.6) is 0 Å². The number of carbonyl (C=O) groups excluding carboxylic acids is 1. The van der Waals surface area contributed by atoms with Gasteiger partial charge in [-0.25, -0.2) is 5.56 Å². The van der Waals surface area contributed by atoms with Crippen LogP contribution in [-0.4, -0.2) is 10.9 Å². The molecule has 3 aromatic rings. The minimum atomic E-state index is -0.125. The molecular formula is C23H22IrO2-2. The molecule has 0 aliphatic rings. The van der Waals surface area contributed by atoms with E-state index in [1.807, 2.05) is 12.1 Å². The van der Waals surface area contributed by atoms with Crippen molar-refractivity contribution in [2.45, 2.75) is 27.7 Å². The van der Waals surface area contributed by atoms with Gasteiger partial charge in [-0.2, -0.15) is 35.9 Å². The second kappa shape index (κ2) is 10.1. The van der Waals surface area contributed by atoms with Gasteiger partial charge in [0.05, 0.1) is 5.76 Å². The van der Waals surface area contributed by atoms with Gasteiger partial charge in [-0.05, 0) is 13.8 Å². The Balaban J connectivity index is 0.000000366. The summed E-state index contributed by atoms with van der Waals surface area (Å²) >= 11 is 0. The van der Waals surface area contributed by atoms with Gasteiger partial charge in [0.2, 0.25) is 0 Å². The maximum Gasteiger partial charge on any atom is 0.155 e. The van der Waals surface area contributed by atoms with Crippen molar-refractivity contribution in [1.82, 2.24) is 0 Å². The molecule has 3 aromatic carbocycles. The Morgan fingerprint density at radius 2 is 1.69 bits per heavy atom. The molecule has 0 unspecified atom stereocenters. The zero-order chi connectivity index (χ0) is 18.4. The molecule has 1 radical (unpaired) electrons. The van der Waals surface area contributed by atoms with Crippen LogP contribution in [0.1, 0.15) is 25.0 Å². The fourth-order valence-corrected chi connectivity index (χ4v) is 2.39. The fourth-order valence-electron chi connectivity index (χ4n) is 2.39. The molecule has 0 aromatic heterocycles. The summed E-state index contributed by atoms with van der Waals surface area (Å²) in [5.74, 6) is -0.0625. The predicted octanol–water partition coefficient (Wildman–Crippen LogP) is 5.76. The molecule has 2 nitrogen and oxygen atoms in total. The van der Waals surface area contributed by atoms with E-state index >= 15 is 0 Å². The summed E-state index contributed by atoms with van der Waals surface area (Å²) in [4.78, 5) is 10.0. The molecule has 0 spiro atoms. The predicted molar refractivity (Wildman–Crippen MR) is 104 cm³/mol. The van der Waals surface area contributed by atoms with Gasteiger partial charge in [0.1, 0.15) is 0 Å². The Hall–Kier alpha value is -2.22. The van der Waals surface area contributed by atoms with E-state index in [-0.39, 0.29) is 31.6 Å². The minimum Gasteiger partial charge on any atom is -0.512 e. The Labute approximate surface area is 168 Å². The van der Waals surface area contributed by atoms with Crippen LogP contribution < -0.4 is 0 Å². The molecule has 0 heterocycles. The van der Waals surface area contributed by atoms with Crippen LogP contribution >= 0.6 is 0 Å². The summed E-state index contributed by atoms with van der Waals surface area (Å²) in [6.07, 6.45) is 1.17. The largest absolute Gasteiger partial charge is 0.512 e. The van der Waals surface area contributed by atoms with Crippen LogP contribution in [0.3, 0.4) is 0 Å². The molecule has 1 N–H and O–H groups in total. The number of carbonyl (C=O) groups is 1. The third kappa shape index (κ3) is 6.25. The van der Waals surface area contributed by atoms with Gasteiger partial charge >= 0.3 is 0 Å². The number of ketones is 1. The van der Waals surface area contributed by atoms with Crippen LogP contribution in [0.4, 0.5) is 0 Å². The van der Waals surface area contributed by atoms with Crippen LogP contribution in [0.15, 0.2) is 60.4 Å². The van der Waals surface area contributed by atoms with E-state index in [0.29, 0.717) is 0 Å². The first-order valence-electron chi connectivity index (χ1n) is 8.15. The van der Waals surface area contributed by atoms with Crippen molar-refractivity contribution < 1.29 is 30.0 Å². The van der Waals surface area contributed by atoms with E-state index in [1.54, 1.807) is 0 Å². The topological polar surface area (TPSA) is 37.3 Å². The van der Waals surface area contributed by atoms with Gasteiger partial charge in [0, 0.05) is 26.2 Å². The average molecular weight is 523 g/mol. The second-order valence-electron chi connectivity index (χ2n) is 6.07. The summed E-state index contributed by atoms with van der Waals surface area (Å²) in [7, 11) is 0. The fraction of sp³-hybridized carbons (Fsp3) is 0.174. The van der Waals surface area contributed by atoms with Crippen LogP contribution in [0.2, 0.25) is 0 Å². The molecule has 0 saturated carbocycles. The molecule has 0 saturated heterocycles. The average Bonchev–Trinajstić information content (AvgIpc) is 2.56. The molecule has 0 amide bonds. The van der Waals surface area contributed by atoms with E-state index in [2.05, 4.69) is 62.4 Å². The summed E-state index contributed by atoms with van der Waals surface area (Å²) in [6.45, 7) is 7.09. The van der Waals surface area contributed by atoms with Crippen LogP contribution in [0, 0.1) is 26.0 Å². The number of aliphatic hydroxyl groups excluding tert-OH is 1. The maximum atomic E-state index is 10.0. The van der Waals surface area contributed by atoms with E-state index in [0.717, 1.165) is 16.5 Å². The van der Waals surface area contributed by atoms with Crippen molar-refractivity contribution in [2.75, 3.05) is 0 Å². The molecule has 3 heteroatoms. The normalized spacial score (nSPS) is 10.5. The van der Waals surface area contributed by atoms with Gasteiger partial charge in [-0.1, -0.05) is 37.4 Å². The first-order chi connectivity index (χ1) is 11.9. The van der Waals surface area contributed by atoms with Crippen molar-refractivity contribution in [3.63, 3.8) is 0 Å². The minimum absolute atomic E-state index is 0. The maximum absolute atomic E-state index is 10.0. The first-order valence-corrected chi connectivity index (χ1v) is 8.15. The first kappa shape index (κ1) is 21.8. The van der Waals surface area contributed by atoms with Gasteiger partial charge in [0.15, 0.2) is 5.78 Å². The Morgan fingerprint density at radius 1 is 1.00 bits per heavy atom. The quantitative estimate of drug-likeness (QED) is 0.264. The van der Waals surface area contributed by atoms with E-state index in [9.17, 15) is 4.79 Å². The number of aliphatic hydroxyl groups is 1. The van der Waals surface area contributed by atoms with E-state index in [4.69, 9.17) is 5.11 Å². The number of aryl methyl sites for hydroxylation is 2. The van der Waals surface area contributed by atoms with Crippen molar-refractivity contribution in [1.29, 1.82) is 0 Å². The van der Waals surface area contributed by atoms with Gasteiger partial charge < -0.3 is 5.11 Å². The van der Waals surface area contributed by atoms with E-state index in [1.165, 1.54) is 36.4 Å². The number of hydrogen-bond donors (Lipinski definition) is 1. The molecular weight excluding hydrogens is 500 g/mol. The standard InChI is InChI=1S/C18H14.C5H8O2.Ir/c1-13-7-8-17(11-14(13)2)18-10-9-15-5-3-4-6-16(15)12-18;1-4(6)3-5(2)7;/h3-7,9-11H,1-2H3;3,6H,1-2H3;/q-2;;/b;4-3-;. The van der Waals surface area contributed by atoms with Crippen molar-refractivity contribution in [2.24, 2.45) is 0 Å². The molecule has 0 fully saturated rings. The third-order valence-electron chi connectivity index (χ3n) is 3.79. The number of fused-ring (bicyclic) bond motifs is 1. The van der Waals surface area contributed by atoms with Crippen LogP contribution in [-0.2, 0) is 24.9 Å². The molecule has 0 bridgehead atoms. The summed E-state index contributed by atoms with van der Waals surface area (Å²) in [5.41, 5.74) is 4.80. The van der Waals surface area contributed by atoms with Crippen LogP contribution in [0.25, 0.3) is 21.9 Å². The number of allylic oxidation sites excluding steroid dienone is 2. The molecule has 3 rings (SSSR count). The van der Waals surface area contributed by atoms with Crippen molar-refractivity contribution in [3.8, 4) is 11.1 Å². The number of hydrogen-bond acceptors (Lipinski definition) is 2. The molecule has 26 heavy (non-hydrogen) atoms. The SMILES string of the molecule is CC(=O)/C=C(/C)O.Cc1c[c-]c(-c2[c-]c3ccccc3cc2)cc1C.[Ir]. The second-order valence-corrected chi connectivity index (χ2v) is 6.07. The summed E-state index contributed by atoms with van der Waals surface area (Å²) < 4.78 is 0. The molecule has 0 aliphatic heterocycles. The summed E-state index contributed by atoms with van der Waals surface area (Å²) in [5, 5.41) is 10.7. The third-order valence-corrected chi connectivity index (χ3v) is 3.79. The zero-order valence-electron chi connectivity index (χ0n) is 15.4. The van der Waals surface area contributed by atoms with Gasteiger partial charge in [-0.3, -0.25) is 4.79 Å². The molecule has 0 atom stereocenters. The number of benzene rings is 3. The van der Waals surface area contributed by atoms with Gasteiger partial charge in [-0.15, -0.1) is 28.6 Å². The monoisotopic (exact) mass is 523 g/mol. The van der Waals surface area contributed by atoms with Crippen molar-refractivity contribution in [3.05, 3.63) is 83.6 Å². The van der Waals surface area contributed by atoms with E-state index < -0.39 is 0 Å².